The predicted octanol–water partition coefficient (Wildman–Crippen LogP) is 1.93. The number of phenolic OH excluding ortho intramolecular Hbond substituents is 1. The number of benzene rings is 1. The molecule has 0 aliphatic carbocycles. The van der Waals surface area contributed by atoms with Crippen molar-refractivity contribution >= 4 is 31.3 Å². The molecule has 4 nitrogen and oxygen atoms in total. The van der Waals surface area contributed by atoms with Crippen LogP contribution in [-0.2, 0) is 14.9 Å². The quantitative estimate of drug-likeness (QED) is 0.655. The summed E-state index contributed by atoms with van der Waals surface area (Å²) in [5, 5.41) is 18.0. The van der Waals surface area contributed by atoms with E-state index in [1.807, 2.05) is 0 Å². The van der Waals surface area contributed by atoms with Crippen molar-refractivity contribution < 1.29 is 13.5 Å². The van der Waals surface area contributed by atoms with Crippen molar-refractivity contribution in [3.8, 4) is 11.8 Å². The van der Waals surface area contributed by atoms with E-state index in [0.717, 1.165) is 12.1 Å². The smallest absolute Gasteiger partial charge is 0.262 e. The average Bonchev–Trinajstić information content (AvgIpc) is 2.15. The van der Waals surface area contributed by atoms with Crippen molar-refractivity contribution in [2.24, 2.45) is 0 Å². The largest absolute Gasteiger partial charge is 0.508 e. The molecule has 0 radical (unpaired) electrons. The Balaban J connectivity index is 3.59. The first-order chi connectivity index (χ1) is 6.90. The number of halogens is 2. The lowest BCUT2D eigenvalue weighted by Gasteiger charge is -2.04. The highest BCUT2D eigenvalue weighted by molar-refractivity contribution is 8.13. The van der Waals surface area contributed by atoms with Gasteiger partial charge < -0.3 is 5.11 Å². The highest BCUT2D eigenvalue weighted by Gasteiger charge is 2.18. The Bertz CT molecular complexity index is 534. The molecular weight excluding hydrogens is 261 g/mol. The molecule has 1 N–H and O–H groups in total. The Hall–Kier alpha value is -0.960. The third-order valence-corrected chi connectivity index (χ3v) is 3.36. The maximum absolute atomic E-state index is 11.1. The summed E-state index contributed by atoms with van der Waals surface area (Å²) in [5.41, 5.74) is -0.00809. The van der Waals surface area contributed by atoms with Gasteiger partial charge in [0.15, 0.2) is 0 Å². The van der Waals surface area contributed by atoms with Crippen LogP contribution >= 0.6 is 22.3 Å². The number of nitriles is 1. The lowest BCUT2D eigenvalue weighted by Crippen LogP contribution is -1.97. The maximum Gasteiger partial charge on any atom is 0.262 e. The molecule has 1 aromatic carbocycles. The van der Waals surface area contributed by atoms with E-state index in [-0.39, 0.29) is 27.7 Å². The molecule has 0 aromatic heterocycles. The first-order valence-electron chi connectivity index (χ1n) is 3.66. The number of alkyl halides is 1. The summed E-state index contributed by atoms with van der Waals surface area (Å²) < 4.78 is 22.2. The molecule has 0 aliphatic rings. The topological polar surface area (TPSA) is 78.2 Å². The van der Waals surface area contributed by atoms with Gasteiger partial charge in [0.1, 0.15) is 16.7 Å². The zero-order chi connectivity index (χ0) is 11.6. The molecule has 1 rings (SSSR count). The molecule has 7 heteroatoms. The van der Waals surface area contributed by atoms with Gasteiger partial charge in [0.05, 0.1) is 11.4 Å². The summed E-state index contributed by atoms with van der Waals surface area (Å²) in [6, 6.07) is 3.73. The summed E-state index contributed by atoms with van der Waals surface area (Å²) in [7, 11) is 1.11. The Morgan fingerprint density at radius 3 is 2.47 bits per heavy atom. The van der Waals surface area contributed by atoms with Crippen LogP contribution in [0.25, 0.3) is 0 Å². The van der Waals surface area contributed by atoms with Crippen molar-refractivity contribution in [1.82, 2.24) is 0 Å². The van der Waals surface area contributed by atoms with Gasteiger partial charge in [-0.25, -0.2) is 8.42 Å². The summed E-state index contributed by atoms with van der Waals surface area (Å²) in [5.74, 6) is -0.303. The zero-order valence-corrected chi connectivity index (χ0v) is 9.57. The average molecular weight is 266 g/mol. The summed E-state index contributed by atoms with van der Waals surface area (Å²) in [6.45, 7) is 0. The van der Waals surface area contributed by atoms with Gasteiger partial charge in [-0.05, 0) is 12.1 Å². The Kier molecular flexibility index (Phi) is 3.45. The number of aromatic hydroxyl groups is 1. The third kappa shape index (κ3) is 2.53. The molecule has 0 saturated carbocycles. The van der Waals surface area contributed by atoms with Crippen LogP contribution in [0, 0.1) is 11.3 Å². The van der Waals surface area contributed by atoms with Crippen molar-refractivity contribution in [3.05, 3.63) is 23.3 Å². The van der Waals surface area contributed by atoms with Crippen molar-refractivity contribution in [2.75, 3.05) is 0 Å². The molecule has 15 heavy (non-hydrogen) atoms. The fourth-order valence-corrected chi connectivity index (χ4v) is 2.25. The van der Waals surface area contributed by atoms with Crippen LogP contribution in [0.3, 0.4) is 0 Å². The van der Waals surface area contributed by atoms with Gasteiger partial charge in [-0.3, -0.25) is 0 Å². The minimum atomic E-state index is -4.01. The molecule has 0 saturated heterocycles. The van der Waals surface area contributed by atoms with E-state index in [4.69, 9.17) is 27.5 Å². The fourth-order valence-electron chi connectivity index (χ4n) is 1.01. The van der Waals surface area contributed by atoms with E-state index in [0.29, 0.717) is 0 Å². The number of rotatable bonds is 2. The summed E-state index contributed by atoms with van der Waals surface area (Å²) >= 11 is 5.47. The van der Waals surface area contributed by atoms with E-state index in [1.165, 1.54) is 0 Å². The van der Waals surface area contributed by atoms with E-state index < -0.39 is 9.05 Å². The van der Waals surface area contributed by atoms with E-state index in [9.17, 15) is 13.5 Å². The Morgan fingerprint density at radius 1 is 1.47 bits per heavy atom. The predicted molar refractivity (Wildman–Crippen MR) is 55.4 cm³/mol. The van der Waals surface area contributed by atoms with Crippen LogP contribution in [0.4, 0.5) is 0 Å². The number of nitrogens with zero attached hydrogens (tertiary/aromatic N) is 1. The number of phenols is 1. The van der Waals surface area contributed by atoms with Gasteiger partial charge in [0.25, 0.3) is 9.05 Å². The molecule has 0 heterocycles. The Labute approximate surface area is 96.1 Å². The molecule has 0 spiro atoms. The second-order valence-corrected chi connectivity index (χ2v) is 5.46. The van der Waals surface area contributed by atoms with Crippen molar-refractivity contribution in [3.63, 3.8) is 0 Å². The first kappa shape index (κ1) is 12.1. The van der Waals surface area contributed by atoms with Gasteiger partial charge in [-0.2, -0.15) is 5.26 Å². The van der Waals surface area contributed by atoms with Crippen LogP contribution < -0.4 is 0 Å². The molecule has 80 valence electrons. The molecule has 0 bridgehead atoms. The van der Waals surface area contributed by atoms with E-state index >= 15 is 0 Å². The van der Waals surface area contributed by atoms with Crippen LogP contribution in [0.5, 0.6) is 5.75 Å². The standard InChI is InChI=1S/C8H5Cl2NO3S/c9-3-5-2-8(15(10,13)14)6(4-11)1-7(5)12/h1-2,12H,3H2. The minimum Gasteiger partial charge on any atom is -0.508 e. The molecule has 0 unspecified atom stereocenters. The number of hydrogen-bond acceptors (Lipinski definition) is 4. The van der Waals surface area contributed by atoms with E-state index in [2.05, 4.69) is 0 Å². The van der Waals surface area contributed by atoms with Crippen LogP contribution in [-0.4, -0.2) is 13.5 Å². The highest BCUT2D eigenvalue weighted by Crippen LogP contribution is 2.28. The lowest BCUT2D eigenvalue weighted by atomic mass is 10.1. The zero-order valence-electron chi connectivity index (χ0n) is 7.24. The molecule has 0 amide bonds. The normalized spacial score (nSPS) is 11.0. The molecule has 0 aliphatic heterocycles. The molecule has 1 aromatic rings. The SMILES string of the molecule is N#Cc1cc(O)c(CCl)cc1S(=O)(=O)Cl. The molecular formula is C8H5Cl2NO3S. The maximum atomic E-state index is 11.1. The van der Waals surface area contributed by atoms with Crippen LogP contribution in [0.2, 0.25) is 0 Å². The van der Waals surface area contributed by atoms with E-state index in [1.54, 1.807) is 6.07 Å². The van der Waals surface area contributed by atoms with Crippen molar-refractivity contribution in [1.29, 1.82) is 5.26 Å². The minimum absolute atomic E-state index is 0.0725. The third-order valence-electron chi connectivity index (χ3n) is 1.71. The molecule has 0 fully saturated rings. The van der Waals surface area contributed by atoms with Crippen LogP contribution in [0.15, 0.2) is 17.0 Å². The van der Waals surface area contributed by atoms with Crippen molar-refractivity contribution in [2.45, 2.75) is 10.8 Å². The number of hydrogen-bond donors (Lipinski definition) is 1. The summed E-state index contributed by atoms with van der Waals surface area (Å²) in [4.78, 5) is -0.347. The van der Waals surface area contributed by atoms with Gasteiger partial charge in [-0.15, -0.1) is 11.6 Å². The second kappa shape index (κ2) is 4.27. The van der Waals surface area contributed by atoms with Crippen LogP contribution in [0.1, 0.15) is 11.1 Å². The monoisotopic (exact) mass is 265 g/mol. The highest BCUT2D eigenvalue weighted by atomic mass is 35.7. The second-order valence-electron chi connectivity index (χ2n) is 2.66. The lowest BCUT2D eigenvalue weighted by molar-refractivity contribution is 0.469. The summed E-state index contributed by atoms with van der Waals surface area (Å²) in [6.07, 6.45) is 0. The van der Waals surface area contributed by atoms with Gasteiger partial charge in [0, 0.05) is 16.2 Å². The first-order valence-corrected chi connectivity index (χ1v) is 6.51. The van der Waals surface area contributed by atoms with Gasteiger partial charge in [-0.1, -0.05) is 0 Å². The van der Waals surface area contributed by atoms with Gasteiger partial charge in [0.2, 0.25) is 0 Å². The fraction of sp³-hybridized carbons (Fsp3) is 0.125. The van der Waals surface area contributed by atoms with Gasteiger partial charge >= 0.3 is 0 Å². The Morgan fingerprint density at radius 2 is 2.07 bits per heavy atom. The molecule has 0 atom stereocenters.